The highest BCUT2D eigenvalue weighted by Gasteiger charge is 2.25. The molecule has 2 nitrogen and oxygen atoms in total. The summed E-state index contributed by atoms with van der Waals surface area (Å²) in [5.74, 6) is 0. The lowest BCUT2D eigenvalue weighted by atomic mass is 10.1. The van der Waals surface area contributed by atoms with Gasteiger partial charge in [0.25, 0.3) is 0 Å². The lowest BCUT2D eigenvalue weighted by Gasteiger charge is -2.27. The van der Waals surface area contributed by atoms with Crippen LogP contribution in [0, 0.1) is 0 Å². The zero-order chi connectivity index (χ0) is 9.14. The Bertz CT molecular complexity index is 202. The average molecular weight is 166 g/mol. The molecule has 1 saturated heterocycles. The summed E-state index contributed by atoms with van der Waals surface area (Å²) in [6, 6.07) is 1.08. The Morgan fingerprint density at radius 2 is 2.33 bits per heavy atom. The van der Waals surface area contributed by atoms with Crippen molar-refractivity contribution in [1.82, 2.24) is 10.2 Å². The Morgan fingerprint density at radius 3 is 2.83 bits per heavy atom. The largest absolute Gasteiger partial charge is 0.381 e. The van der Waals surface area contributed by atoms with E-state index in [1.54, 1.807) is 0 Å². The second-order valence-corrected chi connectivity index (χ2v) is 3.58. The van der Waals surface area contributed by atoms with E-state index in [1.807, 2.05) is 0 Å². The fourth-order valence-electron chi connectivity index (χ4n) is 1.55. The molecule has 1 heterocycles. The van der Waals surface area contributed by atoms with Crippen LogP contribution in [-0.4, -0.2) is 30.6 Å². The second kappa shape index (κ2) is 3.79. The lowest BCUT2D eigenvalue weighted by Crippen LogP contribution is -2.37. The van der Waals surface area contributed by atoms with Gasteiger partial charge in [-0.3, -0.25) is 4.90 Å². The average Bonchev–Trinajstić information content (AvgIpc) is 2.49. The minimum Gasteiger partial charge on any atom is -0.381 e. The van der Waals surface area contributed by atoms with E-state index in [4.69, 9.17) is 0 Å². The maximum Gasteiger partial charge on any atom is 0.0707 e. The van der Waals surface area contributed by atoms with Crippen molar-refractivity contribution < 1.29 is 0 Å². The van der Waals surface area contributed by atoms with Crippen molar-refractivity contribution in [3.8, 4) is 0 Å². The van der Waals surface area contributed by atoms with Crippen LogP contribution in [0.1, 0.15) is 20.3 Å². The Kier molecular flexibility index (Phi) is 2.96. The van der Waals surface area contributed by atoms with Crippen LogP contribution in [0.15, 0.2) is 18.0 Å². The van der Waals surface area contributed by atoms with Gasteiger partial charge in [-0.15, -0.1) is 5.73 Å². The van der Waals surface area contributed by atoms with Crippen LogP contribution in [0.4, 0.5) is 0 Å². The highest BCUT2D eigenvalue weighted by molar-refractivity contribution is 5.12. The van der Waals surface area contributed by atoms with Crippen molar-refractivity contribution in [3.05, 3.63) is 18.0 Å². The van der Waals surface area contributed by atoms with E-state index < -0.39 is 0 Å². The normalized spacial score (nSPS) is 23.1. The lowest BCUT2D eigenvalue weighted by molar-refractivity contribution is 0.224. The minimum absolute atomic E-state index is 0.502. The summed E-state index contributed by atoms with van der Waals surface area (Å²) in [6.07, 6.45) is 1.17. The van der Waals surface area contributed by atoms with Gasteiger partial charge in [0.15, 0.2) is 0 Å². The molecule has 1 aliphatic rings. The first-order chi connectivity index (χ1) is 5.66. The summed E-state index contributed by atoms with van der Waals surface area (Å²) >= 11 is 0. The molecule has 12 heavy (non-hydrogen) atoms. The molecule has 0 aromatic heterocycles. The topological polar surface area (TPSA) is 15.3 Å². The summed E-state index contributed by atoms with van der Waals surface area (Å²) in [5.41, 5.74) is 4.12. The summed E-state index contributed by atoms with van der Waals surface area (Å²) in [4.78, 5) is 2.35. The van der Waals surface area contributed by atoms with Crippen molar-refractivity contribution in [2.24, 2.45) is 0 Å². The Hall–Kier alpha value is -0.720. The summed E-state index contributed by atoms with van der Waals surface area (Å²) in [5, 5.41) is 3.29. The van der Waals surface area contributed by atoms with E-state index in [9.17, 15) is 0 Å². The van der Waals surface area contributed by atoms with Gasteiger partial charge in [0.05, 0.1) is 11.7 Å². The van der Waals surface area contributed by atoms with Crippen LogP contribution in [0.3, 0.4) is 0 Å². The Morgan fingerprint density at radius 1 is 1.67 bits per heavy atom. The molecule has 1 rings (SSSR count). The Labute approximate surface area is 74.9 Å². The summed E-state index contributed by atoms with van der Waals surface area (Å²) < 4.78 is 0. The molecule has 0 spiro atoms. The van der Waals surface area contributed by atoms with Crippen LogP contribution in [0.5, 0.6) is 0 Å². The quantitative estimate of drug-likeness (QED) is 0.623. The molecule has 0 aromatic carbocycles. The fraction of sp³-hybridized carbons (Fsp3) is 0.700. The molecule has 0 bridgehead atoms. The number of hydrogen-bond acceptors (Lipinski definition) is 2. The predicted octanol–water partition coefficient (Wildman–Crippen LogP) is 1.36. The van der Waals surface area contributed by atoms with Gasteiger partial charge in [-0.25, -0.2) is 0 Å². The highest BCUT2D eigenvalue weighted by Crippen LogP contribution is 2.17. The van der Waals surface area contributed by atoms with Gasteiger partial charge < -0.3 is 5.32 Å². The fourth-order valence-corrected chi connectivity index (χ4v) is 1.55. The van der Waals surface area contributed by atoms with Crippen molar-refractivity contribution >= 4 is 0 Å². The third kappa shape index (κ3) is 1.71. The first-order valence-corrected chi connectivity index (χ1v) is 4.52. The van der Waals surface area contributed by atoms with Crippen molar-refractivity contribution in [2.75, 3.05) is 13.6 Å². The molecule has 68 valence electrons. The van der Waals surface area contributed by atoms with Crippen LogP contribution in [-0.2, 0) is 0 Å². The molecular weight excluding hydrogens is 148 g/mol. The number of nitrogens with zero attached hydrogens (tertiary/aromatic N) is 1. The van der Waals surface area contributed by atoms with Crippen LogP contribution < -0.4 is 5.32 Å². The maximum absolute atomic E-state index is 3.68. The number of hydrogen-bond donors (Lipinski definition) is 1. The standard InChI is InChI=1S/C10H18N2/c1-5-9-10(6-7-11-9)12(4)8(2)3/h8,10-11H,1,6-7H2,2-4H3. The van der Waals surface area contributed by atoms with Gasteiger partial charge in [0.2, 0.25) is 0 Å². The SMILES string of the molecule is C=C=C1NCCC1N(C)C(C)C. The van der Waals surface area contributed by atoms with Gasteiger partial charge in [-0.1, -0.05) is 6.58 Å². The molecule has 1 atom stereocenters. The van der Waals surface area contributed by atoms with Crippen LogP contribution in [0.2, 0.25) is 0 Å². The molecule has 1 fully saturated rings. The molecule has 0 saturated carbocycles. The number of rotatable bonds is 2. The molecule has 0 aliphatic carbocycles. The zero-order valence-electron chi connectivity index (χ0n) is 8.22. The highest BCUT2D eigenvalue weighted by atomic mass is 15.2. The van der Waals surface area contributed by atoms with Crippen molar-refractivity contribution in [2.45, 2.75) is 32.4 Å². The van der Waals surface area contributed by atoms with Crippen molar-refractivity contribution in [3.63, 3.8) is 0 Å². The summed E-state index contributed by atoms with van der Waals surface area (Å²) in [6.45, 7) is 9.15. The second-order valence-electron chi connectivity index (χ2n) is 3.58. The molecule has 2 heteroatoms. The minimum atomic E-state index is 0.502. The molecule has 1 unspecified atom stereocenters. The van der Waals surface area contributed by atoms with E-state index in [2.05, 4.69) is 43.4 Å². The Balaban J connectivity index is 2.68. The summed E-state index contributed by atoms with van der Waals surface area (Å²) in [7, 11) is 2.15. The molecule has 1 N–H and O–H groups in total. The van der Waals surface area contributed by atoms with Crippen LogP contribution in [0.25, 0.3) is 0 Å². The molecular formula is C10H18N2. The van der Waals surface area contributed by atoms with E-state index in [1.165, 1.54) is 6.42 Å². The third-order valence-electron chi connectivity index (χ3n) is 2.56. The predicted molar refractivity (Wildman–Crippen MR) is 52.0 cm³/mol. The smallest absolute Gasteiger partial charge is 0.0707 e. The zero-order valence-corrected chi connectivity index (χ0v) is 8.22. The number of likely N-dealkylation sites (N-methyl/N-ethyl adjacent to an activating group) is 1. The van der Waals surface area contributed by atoms with E-state index in [0.717, 1.165) is 12.2 Å². The third-order valence-corrected chi connectivity index (χ3v) is 2.56. The van der Waals surface area contributed by atoms with Gasteiger partial charge in [-0.2, -0.15) is 0 Å². The van der Waals surface area contributed by atoms with E-state index in [-0.39, 0.29) is 0 Å². The monoisotopic (exact) mass is 166 g/mol. The first-order valence-electron chi connectivity index (χ1n) is 4.52. The van der Waals surface area contributed by atoms with Crippen molar-refractivity contribution in [1.29, 1.82) is 0 Å². The van der Waals surface area contributed by atoms with Gasteiger partial charge in [0, 0.05) is 12.6 Å². The van der Waals surface area contributed by atoms with Gasteiger partial charge in [-0.05, 0) is 27.3 Å². The van der Waals surface area contributed by atoms with Crippen LogP contribution >= 0.6 is 0 Å². The van der Waals surface area contributed by atoms with Gasteiger partial charge in [0.1, 0.15) is 0 Å². The maximum atomic E-state index is 3.68. The molecule has 0 aromatic rings. The number of nitrogens with one attached hydrogen (secondary N) is 1. The van der Waals surface area contributed by atoms with E-state index >= 15 is 0 Å². The molecule has 0 radical (unpaired) electrons. The molecule has 1 aliphatic heterocycles. The van der Waals surface area contributed by atoms with Gasteiger partial charge >= 0.3 is 0 Å². The first kappa shape index (κ1) is 9.37. The molecule has 0 amide bonds. The van der Waals surface area contributed by atoms with E-state index in [0.29, 0.717) is 12.1 Å².